The Morgan fingerprint density at radius 3 is 2.27 bits per heavy atom. The molecule has 1 aliphatic rings. The molecule has 0 heterocycles. The fourth-order valence-electron chi connectivity index (χ4n) is 2.47. The van der Waals surface area contributed by atoms with Crippen molar-refractivity contribution < 1.29 is 23.1 Å². The van der Waals surface area contributed by atoms with E-state index in [1.54, 1.807) is 0 Å². The highest BCUT2D eigenvalue weighted by Crippen LogP contribution is 2.24. The first-order chi connectivity index (χ1) is 14.2. The molecular formula is C21H27N3O5S. The average Bonchev–Trinajstić information content (AvgIpc) is 3.50. The molecule has 0 bridgehead atoms. The van der Waals surface area contributed by atoms with Crippen LogP contribution in [0.3, 0.4) is 0 Å². The second-order valence-corrected chi connectivity index (χ2v) is 8.90. The molecule has 0 aliphatic heterocycles. The quantitative estimate of drug-likeness (QED) is 0.532. The van der Waals surface area contributed by atoms with Gasteiger partial charge in [0.25, 0.3) is 0 Å². The fourth-order valence-corrected chi connectivity index (χ4v) is 2.47. The summed E-state index contributed by atoms with van der Waals surface area (Å²) >= 11 is 0. The molecule has 0 aromatic heterocycles. The van der Waals surface area contributed by atoms with Crippen molar-refractivity contribution in [3.63, 3.8) is 0 Å². The molecule has 8 nitrogen and oxygen atoms in total. The minimum absolute atomic E-state index is 0.0208. The molecular weight excluding hydrogens is 406 g/mol. The van der Waals surface area contributed by atoms with Gasteiger partial charge in [-0.15, -0.1) is 0 Å². The summed E-state index contributed by atoms with van der Waals surface area (Å²) in [5.74, 6) is -0.769. The minimum Gasteiger partial charge on any atom is -0.481 e. The lowest BCUT2D eigenvalue weighted by molar-refractivity contribution is -0.136. The largest absolute Gasteiger partial charge is 0.481 e. The van der Waals surface area contributed by atoms with E-state index in [1.165, 1.54) is 6.92 Å². The van der Waals surface area contributed by atoms with Crippen molar-refractivity contribution in [3.05, 3.63) is 54.1 Å². The zero-order valence-electron chi connectivity index (χ0n) is 16.8. The number of anilines is 1. The van der Waals surface area contributed by atoms with Crippen LogP contribution < -0.4 is 15.8 Å². The average molecular weight is 434 g/mol. The number of benzene rings is 2. The normalized spacial score (nSPS) is 13.0. The van der Waals surface area contributed by atoms with E-state index in [9.17, 15) is 18.0 Å². The summed E-state index contributed by atoms with van der Waals surface area (Å²) in [5.41, 5.74) is 3.78. The van der Waals surface area contributed by atoms with Gasteiger partial charge in [0.15, 0.2) is 0 Å². The Morgan fingerprint density at radius 1 is 1.10 bits per heavy atom. The van der Waals surface area contributed by atoms with Crippen molar-refractivity contribution in [2.75, 3.05) is 11.1 Å². The predicted octanol–water partition coefficient (Wildman–Crippen LogP) is 2.95. The number of carboxylic acids is 1. The molecule has 1 fully saturated rings. The molecule has 0 atom stereocenters. The van der Waals surface area contributed by atoms with Gasteiger partial charge in [0.2, 0.25) is 10.0 Å². The Morgan fingerprint density at radius 2 is 1.73 bits per heavy atom. The van der Waals surface area contributed by atoms with E-state index < -0.39 is 16.0 Å². The van der Waals surface area contributed by atoms with Crippen molar-refractivity contribution in [2.24, 2.45) is 5.14 Å². The summed E-state index contributed by atoms with van der Waals surface area (Å²) in [6.45, 7) is 1.50. The van der Waals surface area contributed by atoms with E-state index in [1.807, 2.05) is 48.5 Å². The number of sulfonamides is 1. The van der Waals surface area contributed by atoms with Gasteiger partial charge in [-0.3, -0.25) is 4.79 Å². The SMILES string of the molecule is CCS(N)(=O)=O.O=C(O)CCc1ccc(-c2cccc(NC(=O)NC3CC3)c2)cc1. The number of nitrogens with two attached hydrogens (primary N) is 1. The molecule has 5 N–H and O–H groups in total. The summed E-state index contributed by atoms with van der Waals surface area (Å²) in [6, 6.07) is 15.7. The maximum atomic E-state index is 11.8. The van der Waals surface area contributed by atoms with Crippen LogP contribution in [0.4, 0.5) is 10.5 Å². The Hall–Kier alpha value is -2.91. The standard InChI is InChI=1S/C19H20N2O3.C2H7NO2S/c22-18(23)11-6-13-4-7-14(8-5-13)15-2-1-3-17(12-15)21-19(24)20-16-9-10-16;1-2-6(3,4)5/h1-5,7-8,12,16H,6,9-11H2,(H,22,23)(H2,20,21,24);2H2,1H3,(H2,3,4,5). The van der Waals surface area contributed by atoms with Gasteiger partial charge < -0.3 is 15.7 Å². The molecule has 2 aromatic rings. The number of nitrogens with one attached hydrogen (secondary N) is 2. The van der Waals surface area contributed by atoms with Crippen LogP contribution in [-0.2, 0) is 21.2 Å². The van der Waals surface area contributed by atoms with Gasteiger partial charge in [-0.25, -0.2) is 18.4 Å². The first-order valence-electron chi connectivity index (χ1n) is 9.65. The first-order valence-corrected chi connectivity index (χ1v) is 11.4. The first kappa shape index (κ1) is 23.4. The van der Waals surface area contributed by atoms with E-state index in [-0.39, 0.29) is 18.2 Å². The van der Waals surface area contributed by atoms with Crippen LogP contribution in [0.1, 0.15) is 31.7 Å². The van der Waals surface area contributed by atoms with Crippen LogP contribution in [0.15, 0.2) is 48.5 Å². The second kappa shape index (κ2) is 10.7. The number of carbonyl (C=O) groups excluding carboxylic acids is 1. The summed E-state index contributed by atoms with van der Waals surface area (Å²) < 4.78 is 19.6. The van der Waals surface area contributed by atoms with Crippen molar-refractivity contribution in [1.29, 1.82) is 0 Å². The number of aliphatic carboxylic acids is 1. The van der Waals surface area contributed by atoms with Crippen molar-refractivity contribution in [3.8, 4) is 11.1 Å². The molecule has 162 valence electrons. The lowest BCUT2D eigenvalue weighted by Gasteiger charge is -2.09. The van der Waals surface area contributed by atoms with Crippen molar-refractivity contribution >= 4 is 27.7 Å². The summed E-state index contributed by atoms with van der Waals surface area (Å²) in [5, 5.41) is 19.0. The molecule has 0 saturated heterocycles. The smallest absolute Gasteiger partial charge is 0.319 e. The summed E-state index contributed by atoms with van der Waals surface area (Å²) in [7, 11) is -3.16. The van der Waals surface area contributed by atoms with Gasteiger partial charge >= 0.3 is 12.0 Å². The molecule has 1 saturated carbocycles. The van der Waals surface area contributed by atoms with Crippen LogP contribution in [0, 0.1) is 0 Å². The molecule has 2 aromatic carbocycles. The van der Waals surface area contributed by atoms with Gasteiger partial charge in [-0.05, 0) is 55.0 Å². The molecule has 0 spiro atoms. The van der Waals surface area contributed by atoms with Crippen LogP contribution in [-0.4, -0.2) is 37.3 Å². The summed E-state index contributed by atoms with van der Waals surface area (Å²) in [6.07, 6.45) is 2.77. The number of hydrogen-bond acceptors (Lipinski definition) is 4. The Labute approximate surface area is 176 Å². The highest BCUT2D eigenvalue weighted by molar-refractivity contribution is 7.89. The topological polar surface area (TPSA) is 139 Å². The van der Waals surface area contributed by atoms with Gasteiger partial charge in [0, 0.05) is 18.2 Å². The maximum absolute atomic E-state index is 11.8. The number of urea groups is 1. The number of carboxylic acid groups (broad SMARTS) is 1. The number of carbonyl (C=O) groups is 2. The molecule has 9 heteroatoms. The van der Waals surface area contributed by atoms with Gasteiger partial charge in [-0.2, -0.15) is 0 Å². The number of rotatable bonds is 7. The highest BCUT2D eigenvalue weighted by Gasteiger charge is 2.23. The van der Waals surface area contributed by atoms with E-state index in [0.717, 1.165) is 35.2 Å². The molecule has 2 amide bonds. The Bertz CT molecular complexity index is 970. The Kier molecular flexibility index (Phi) is 8.37. The fraction of sp³-hybridized carbons (Fsp3) is 0.333. The lowest BCUT2D eigenvalue weighted by Crippen LogP contribution is -2.30. The number of aryl methyl sites for hydroxylation is 1. The molecule has 0 radical (unpaired) electrons. The zero-order valence-corrected chi connectivity index (χ0v) is 17.6. The monoisotopic (exact) mass is 433 g/mol. The van der Waals surface area contributed by atoms with Crippen LogP contribution in [0.2, 0.25) is 0 Å². The molecule has 3 rings (SSSR count). The molecule has 30 heavy (non-hydrogen) atoms. The van der Waals surface area contributed by atoms with Gasteiger partial charge in [-0.1, -0.05) is 36.4 Å². The number of hydrogen-bond donors (Lipinski definition) is 4. The van der Waals surface area contributed by atoms with Gasteiger partial charge in [0.05, 0.1) is 5.75 Å². The van der Waals surface area contributed by atoms with E-state index >= 15 is 0 Å². The predicted molar refractivity (Wildman–Crippen MR) is 117 cm³/mol. The third-order valence-corrected chi connectivity index (χ3v) is 5.15. The van der Waals surface area contributed by atoms with Crippen LogP contribution >= 0.6 is 0 Å². The van der Waals surface area contributed by atoms with Gasteiger partial charge in [0.1, 0.15) is 0 Å². The van der Waals surface area contributed by atoms with Crippen LogP contribution in [0.5, 0.6) is 0 Å². The maximum Gasteiger partial charge on any atom is 0.319 e. The third kappa shape index (κ3) is 9.06. The zero-order chi connectivity index (χ0) is 22.1. The number of primary sulfonamides is 1. The summed E-state index contributed by atoms with van der Waals surface area (Å²) in [4.78, 5) is 22.4. The molecule has 1 aliphatic carbocycles. The third-order valence-electron chi connectivity index (χ3n) is 4.35. The highest BCUT2D eigenvalue weighted by atomic mass is 32.2. The lowest BCUT2D eigenvalue weighted by atomic mass is 10.0. The second-order valence-electron chi connectivity index (χ2n) is 7.00. The number of amides is 2. The molecule has 0 unspecified atom stereocenters. The van der Waals surface area contributed by atoms with Crippen LogP contribution in [0.25, 0.3) is 11.1 Å². The minimum atomic E-state index is -3.16. The van der Waals surface area contributed by atoms with E-state index in [4.69, 9.17) is 5.11 Å². The van der Waals surface area contributed by atoms with Crippen molar-refractivity contribution in [2.45, 2.75) is 38.6 Å². The van der Waals surface area contributed by atoms with E-state index in [0.29, 0.717) is 12.5 Å². The van der Waals surface area contributed by atoms with E-state index in [2.05, 4.69) is 15.8 Å². The Balaban J connectivity index is 0.000000469. The van der Waals surface area contributed by atoms with Crippen molar-refractivity contribution in [1.82, 2.24) is 5.32 Å².